The van der Waals surface area contributed by atoms with Crippen molar-refractivity contribution in [3.63, 3.8) is 0 Å². The van der Waals surface area contributed by atoms with Crippen LogP contribution in [-0.2, 0) is 19.1 Å². The predicted molar refractivity (Wildman–Crippen MR) is 72.7 cm³/mol. The maximum absolute atomic E-state index is 13.1. The molecule has 0 saturated heterocycles. The minimum absolute atomic E-state index is 0.00704. The van der Waals surface area contributed by atoms with E-state index in [2.05, 4.69) is 13.0 Å². The Bertz CT molecular complexity index is 571. The third kappa shape index (κ3) is 1.40. The van der Waals surface area contributed by atoms with Crippen molar-refractivity contribution in [1.29, 1.82) is 0 Å². The van der Waals surface area contributed by atoms with Crippen LogP contribution in [0.4, 0.5) is 0 Å². The molecule has 3 rings (SSSR count). The molecule has 20 heavy (non-hydrogen) atoms. The zero-order valence-electron chi connectivity index (χ0n) is 12.4. The second-order valence-corrected chi connectivity index (χ2v) is 6.26. The van der Waals surface area contributed by atoms with Crippen molar-refractivity contribution in [3.05, 3.63) is 22.8 Å². The second-order valence-electron chi connectivity index (χ2n) is 6.26. The highest BCUT2D eigenvalue weighted by molar-refractivity contribution is 6.12. The van der Waals surface area contributed by atoms with Crippen LogP contribution in [0, 0.1) is 11.3 Å². The van der Waals surface area contributed by atoms with Gasteiger partial charge in [-0.3, -0.25) is 4.79 Å². The molecule has 1 heterocycles. The van der Waals surface area contributed by atoms with E-state index in [1.54, 1.807) is 6.92 Å². The van der Waals surface area contributed by atoms with Gasteiger partial charge in [0.2, 0.25) is 5.79 Å². The summed E-state index contributed by atoms with van der Waals surface area (Å²) in [7, 11) is 1.49. The van der Waals surface area contributed by atoms with Crippen molar-refractivity contribution < 1.29 is 19.1 Å². The first-order valence-corrected chi connectivity index (χ1v) is 7.11. The van der Waals surface area contributed by atoms with Crippen molar-refractivity contribution in [2.75, 3.05) is 7.11 Å². The Morgan fingerprint density at radius 2 is 2.10 bits per heavy atom. The van der Waals surface area contributed by atoms with Gasteiger partial charge in [-0.15, -0.1) is 0 Å². The maximum Gasteiger partial charge on any atom is 0.337 e. The number of carbonyl (C=O) groups excluding carboxylic acids is 2. The van der Waals surface area contributed by atoms with Gasteiger partial charge >= 0.3 is 5.97 Å². The quantitative estimate of drug-likeness (QED) is 0.545. The van der Waals surface area contributed by atoms with Crippen molar-refractivity contribution in [3.8, 4) is 0 Å². The molecule has 0 aromatic rings. The number of hydrogen-bond donors (Lipinski definition) is 0. The molecule has 0 bridgehead atoms. The van der Waals surface area contributed by atoms with Gasteiger partial charge in [-0.25, -0.2) is 4.79 Å². The fraction of sp³-hybridized carbons (Fsp3) is 0.625. The van der Waals surface area contributed by atoms with Gasteiger partial charge in [0.15, 0.2) is 5.78 Å². The first kappa shape index (κ1) is 13.6. The van der Waals surface area contributed by atoms with Gasteiger partial charge in [-0.1, -0.05) is 18.6 Å². The monoisotopic (exact) mass is 276 g/mol. The molecule has 0 aromatic carbocycles. The Hall–Kier alpha value is -1.42. The van der Waals surface area contributed by atoms with Crippen molar-refractivity contribution in [2.45, 2.75) is 45.8 Å². The predicted octanol–water partition coefficient (Wildman–Crippen LogP) is 2.54. The van der Waals surface area contributed by atoms with Gasteiger partial charge in [0.1, 0.15) is 0 Å². The average molecular weight is 276 g/mol. The first-order valence-electron chi connectivity index (χ1n) is 7.11. The molecule has 2 aliphatic carbocycles. The molecule has 0 spiro atoms. The summed E-state index contributed by atoms with van der Waals surface area (Å²) in [5, 5.41) is 0. The van der Waals surface area contributed by atoms with E-state index >= 15 is 0 Å². The minimum Gasteiger partial charge on any atom is -0.425 e. The Kier molecular flexibility index (Phi) is 2.74. The lowest BCUT2D eigenvalue weighted by molar-refractivity contribution is -0.197. The summed E-state index contributed by atoms with van der Waals surface area (Å²) in [5.41, 5.74) is 1.35. The molecule has 0 unspecified atom stereocenters. The Balaban J connectivity index is 2.21. The lowest BCUT2D eigenvalue weighted by Gasteiger charge is -2.47. The van der Waals surface area contributed by atoms with Gasteiger partial charge in [0.05, 0.1) is 11.0 Å². The molecule has 3 atom stereocenters. The number of Topliss-reactive ketones (excluding diaryl/α,β-unsaturated/α-hetero) is 1. The van der Waals surface area contributed by atoms with Crippen LogP contribution in [0.3, 0.4) is 0 Å². The summed E-state index contributed by atoms with van der Waals surface area (Å²) in [6.07, 6.45) is 4.55. The summed E-state index contributed by atoms with van der Waals surface area (Å²) >= 11 is 0. The Labute approximate surface area is 118 Å². The lowest BCUT2D eigenvalue weighted by Crippen LogP contribution is -2.52. The largest absolute Gasteiger partial charge is 0.425 e. The summed E-state index contributed by atoms with van der Waals surface area (Å²) in [4.78, 5) is 25.0. The molecule has 1 aliphatic heterocycles. The lowest BCUT2D eigenvalue weighted by atomic mass is 9.57. The van der Waals surface area contributed by atoms with E-state index in [0.29, 0.717) is 17.6 Å². The number of allylic oxidation sites excluding steroid dienone is 1. The van der Waals surface area contributed by atoms with Crippen LogP contribution in [0.2, 0.25) is 0 Å². The van der Waals surface area contributed by atoms with Crippen LogP contribution < -0.4 is 0 Å². The summed E-state index contributed by atoms with van der Waals surface area (Å²) in [5.74, 6) is -1.38. The topological polar surface area (TPSA) is 52.6 Å². The molecule has 1 saturated carbocycles. The molecule has 108 valence electrons. The van der Waals surface area contributed by atoms with Crippen molar-refractivity contribution in [1.82, 2.24) is 0 Å². The summed E-state index contributed by atoms with van der Waals surface area (Å²) in [6, 6.07) is 0. The molecule has 0 N–H and O–H groups in total. The van der Waals surface area contributed by atoms with Gasteiger partial charge in [-0.05, 0) is 32.6 Å². The number of esters is 1. The molecule has 0 aromatic heterocycles. The zero-order chi connectivity index (χ0) is 14.7. The maximum atomic E-state index is 13.1. The van der Waals surface area contributed by atoms with Crippen molar-refractivity contribution in [2.24, 2.45) is 11.3 Å². The first-order chi connectivity index (χ1) is 9.36. The highest BCUT2D eigenvalue weighted by Gasteiger charge is 2.61. The Morgan fingerprint density at radius 1 is 1.40 bits per heavy atom. The van der Waals surface area contributed by atoms with E-state index in [1.807, 2.05) is 6.92 Å². The normalized spacial score (nSPS) is 40.2. The number of ether oxygens (including phenoxy) is 2. The fourth-order valence-electron chi connectivity index (χ4n) is 3.81. The number of methoxy groups -OCH3 is 1. The molecule has 0 radical (unpaired) electrons. The third-order valence-corrected chi connectivity index (χ3v) is 5.41. The van der Waals surface area contributed by atoms with Crippen LogP contribution in [0.15, 0.2) is 22.8 Å². The number of fused-ring (bicyclic) bond motifs is 2. The van der Waals surface area contributed by atoms with Crippen molar-refractivity contribution >= 4 is 11.8 Å². The van der Waals surface area contributed by atoms with Crippen LogP contribution in [0.5, 0.6) is 0 Å². The van der Waals surface area contributed by atoms with Crippen LogP contribution in [0.1, 0.15) is 40.0 Å². The van der Waals surface area contributed by atoms with E-state index in [-0.39, 0.29) is 11.7 Å². The third-order valence-electron chi connectivity index (χ3n) is 5.41. The van der Waals surface area contributed by atoms with E-state index in [1.165, 1.54) is 7.11 Å². The van der Waals surface area contributed by atoms with Gasteiger partial charge in [0.25, 0.3) is 0 Å². The number of ketones is 1. The van der Waals surface area contributed by atoms with Gasteiger partial charge in [-0.2, -0.15) is 0 Å². The van der Waals surface area contributed by atoms with E-state index in [0.717, 1.165) is 18.4 Å². The molecule has 4 nitrogen and oxygen atoms in total. The van der Waals surface area contributed by atoms with E-state index < -0.39 is 17.2 Å². The summed E-state index contributed by atoms with van der Waals surface area (Å²) in [6.45, 7) is 5.76. The number of hydrogen-bond acceptors (Lipinski definition) is 4. The molecular formula is C16H20O4. The number of carbonyl (C=O) groups is 2. The fourth-order valence-corrected chi connectivity index (χ4v) is 3.81. The van der Waals surface area contributed by atoms with Gasteiger partial charge in [0, 0.05) is 19.1 Å². The molecule has 0 amide bonds. The highest BCUT2D eigenvalue weighted by atomic mass is 16.7. The zero-order valence-corrected chi connectivity index (χ0v) is 12.4. The minimum atomic E-state index is -1.19. The van der Waals surface area contributed by atoms with E-state index in [4.69, 9.17) is 9.47 Å². The number of rotatable bonds is 1. The molecule has 4 heteroatoms. The SMILES string of the molecule is CO[C@@]12CC3=CCC[C@H](C)[C@@]3(C)C(=O)C1=C(C)C(=O)O2. The van der Waals surface area contributed by atoms with Crippen LogP contribution in [0.25, 0.3) is 0 Å². The highest BCUT2D eigenvalue weighted by Crippen LogP contribution is 2.56. The molecule has 3 aliphatic rings. The van der Waals surface area contributed by atoms with Gasteiger partial charge < -0.3 is 9.47 Å². The standard InChI is InChI=1S/C16H20O4/c1-9-6-5-7-11-8-16(19-4)12(10(2)14(18)20-16)13(17)15(9,11)3/h7,9H,5-6,8H2,1-4H3/t9-,15+,16+/m0/s1. The average Bonchev–Trinajstić information content (AvgIpc) is 2.66. The van der Waals surface area contributed by atoms with Crippen LogP contribution >= 0.6 is 0 Å². The molecule has 1 fully saturated rings. The smallest absolute Gasteiger partial charge is 0.337 e. The van der Waals surface area contributed by atoms with Crippen LogP contribution in [-0.4, -0.2) is 24.6 Å². The molecular weight excluding hydrogens is 256 g/mol. The Morgan fingerprint density at radius 3 is 2.75 bits per heavy atom. The second kappa shape index (κ2) is 4.04. The summed E-state index contributed by atoms with van der Waals surface area (Å²) < 4.78 is 10.9. The van der Waals surface area contributed by atoms with E-state index in [9.17, 15) is 9.59 Å².